The Morgan fingerprint density at radius 1 is 1.52 bits per heavy atom. The molecule has 1 amide bonds. The lowest BCUT2D eigenvalue weighted by atomic mass is 10.2. The highest BCUT2D eigenvalue weighted by molar-refractivity contribution is 7.98. The highest BCUT2D eigenvalue weighted by Gasteiger charge is 2.21. The van der Waals surface area contributed by atoms with Gasteiger partial charge in [-0.15, -0.1) is 0 Å². The maximum absolute atomic E-state index is 12.1. The summed E-state index contributed by atoms with van der Waals surface area (Å²) in [7, 11) is 0. The Bertz CT molecular complexity index is 840. The third-order valence-electron chi connectivity index (χ3n) is 3.38. The third-order valence-corrected chi connectivity index (χ3v) is 4.03. The van der Waals surface area contributed by atoms with Gasteiger partial charge in [-0.25, -0.2) is 9.78 Å². The first kappa shape index (κ1) is 18.4. The first-order valence-electron chi connectivity index (χ1n) is 7.37. The van der Waals surface area contributed by atoms with Crippen LogP contribution in [0.1, 0.15) is 6.42 Å². The van der Waals surface area contributed by atoms with Gasteiger partial charge in [0.15, 0.2) is 0 Å². The highest BCUT2D eigenvalue weighted by Crippen LogP contribution is 2.15. The van der Waals surface area contributed by atoms with E-state index >= 15 is 0 Å². The normalized spacial score (nSPS) is 12.4. The number of hydrogen-bond acceptors (Lipinski definition) is 6. The first-order valence-corrected chi connectivity index (χ1v) is 8.77. The van der Waals surface area contributed by atoms with Crippen LogP contribution in [-0.2, 0) is 9.59 Å². The van der Waals surface area contributed by atoms with Gasteiger partial charge in [-0.05, 0) is 36.6 Å². The Hall–Kier alpha value is -2.99. The molecule has 0 aliphatic heterocycles. The minimum absolute atomic E-state index is 0.208. The number of fused-ring (bicyclic) bond motifs is 1. The van der Waals surface area contributed by atoms with E-state index in [1.807, 2.05) is 6.26 Å². The van der Waals surface area contributed by atoms with Crippen LogP contribution in [0.4, 0.5) is 5.69 Å². The summed E-state index contributed by atoms with van der Waals surface area (Å²) in [5.74, 6) is -1.27. The third kappa shape index (κ3) is 4.99. The number of imidazole rings is 1. The van der Waals surface area contributed by atoms with Gasteiger partial charge in [0.25, 0.3) is 5.91 Å². The van der Waals surface area contributed by atoms with Crippen molar-refractivity contribution in [3.8, 4) is 6.07 Å². The highest BCUT2D eigenvalue weighted by atomic mass is 32.2. The molecule has 0 aliphatic carbocycles. The van der Waals surface area contributed by atoms with Gasteiger partial charge in [0.2, 0.25) is 0 Å². The number of carbonyl (C=O) groups is 2. The van der Waals surface area contributed by atoms with Gasteiger partial charge >= 0.3 is 5.97 Å². The quantitative estimate of drug-likeness (QED) is 0.417. The fraction of sp³-hybridized carbons (Fsp3) is 0.250. The van der Waals surface area contributed by atoms with E-state index in [0.29, 0.717) is 11.4 Å². The number of aliphatic carboxylic acids is 1. The Labute approximate surface area is 148 Å². The summed E-state index contributed by atoms with van der Waals surface area (Å²) < 4.78 is 0. The molecule has 0 fully saturated rings. The van der Waals surface area contributed by atoms with E-state index in [-0.39, 0.29) is 12.0 Å². The number of aromatic nitrogens is 2. The zero-order valence-corrected chi connectivity index (χ0v) is 14.3. The maximum Gasteiger partial charge on any atom is 0.326 e. The molecule has 1 heterocycles. The molecule has 0 bridgehead atoms. The van der Waals surface area contributed by atoms with Crippen molar-refractivity contribution in [2.45, 2.75) is 12.5 Å². The summed E-state index contributed by atoms with van der Waals surface area (Å²) in [6, 6.07) is 6.07. The lowest BCUT2D eigenvalue weighted by Gasteiger charge is -2.13. The van der Waals surface area contributed by atoms with Gasteiger partial charge in [-0.2, -0.15) is 17.0 Å². The molecule has 25 heavy (non-hydrogen) atoms. The standard InChI is InChI=1S/C16H17N5O3S/c1-25-5-4-13(16(23)24)21-15(22)10(7-17)8-18-11-2-3-12-14(6-11)20-9-19-12/h2-3,6,8-9,13,18H,4-5H2,1H3,(H,19,20)(H,21,22)(H,23,24)/b10-8-. The molecule has 1 atom stereocenters. The monoisotopic (exact) mass is 359 g/mol. The molecule has 2 aromatic rings. The number of thioether (sulfide) groups is 1. The number of aromatic amines is 1. The second-order valence-electron chi connectivity index (χ2n) is 5.09. The molecular formula is C16H17N5O3S. The number of nitriles is 1. The van der Waals surface area contributed by atoms with E-state index in [4.69, 9.17) is 10.4 Å². The molecule has 0 saturated carbocycles. The molecule has 4 N–H and O–H groups in total. The van der Waals surface area contributed by atoms with Gasteiger partial charge in [0.1, 0.15) is 17.7 Å². The van der Waals surface area contributed by atoms with Crippen LogP contribution in [0.2, 0.25) is 0 Å². The van der Waals surface area contributed by atoms with Crippen molar-refractivity contribution >= 4 is 40.4 Å². The van der Waals surface area contributed by atoms with Gasteiger partial charge in [0.05, 0.1) is 17.4 Å². The van der Waals surface area contributed by atoms with Crippen molar-refractivity contribution in [3.63, 3.8) is 0 Å². The number of carboxylic acids is 1. The van der Waals surface area contributed by atoms with E-state index in [1.54, 1.807) is 30.6 Å². The van der Waals surface area contributed by atoms with Gasteiger partial charge in [0, 0.05) is 11.9 Å². The van der Waals surface area contributed by atoms with Crippen LogP contribution < -0.4 is 10.6 Å². The lowest BCUT2D eigenvalue weighted by molar-refractivity contribution is -0.141. The maximum atomic E-state index is 12.1. The molecular weight excluding hydrogens is 342 g/mol. The molecule has 0 aliphatic rings. The Balaban J connectivity index is 2.06. The molecule has 9 heteroatoms. The smallest absolute Gasteiger partial charge is 0.326 e. The number of carbonyl (C=O) groups excluding carboxylic acids is 1. The van der Waals surface area contributed by atoms with Crippen LogP contribution in [0.5, 0.6) is 0 Å². The summed E-state index contributed by atoms with van der Waals surface area (Å²) >= 11 is 1.48. The molecule has 1 aromatic heterocycles. The van der Waals surface area contributed by atoms with Crippen LogP contribution in [0.15, 0.2) is 36.3 Å². The number of anilines is 1. The zero-order valence-electron chi connectivity index (χ0n) is 13.4. The largest absolute Gasteiger partial charge is 0.480 e. The average molecular weight is 359 g/mol. The minimum Gasteiger partial charge on any atom is -0.480 e. The van der Waals surface area contributed by atoms with E-state index in [0.717, 1.165) is 11.0 Å². The van der Waals surface area contributed by atoms with E-state index in [9.17, 15) is 9.59 Å². The SMILES string of the molecule is CSCCC(NC(=O)/C(C#N)=C\Nc1ccc2nc[nH]c2c1)C(=O)O. The zero-order chi connectivity index (χ0) is 18.2. The number of benzene rings is 1. The van der Waals surface area contributed by atoms with Gasteiger partial charge in [-0.1, -0.05) is 0 Å². The average Bonchev–Trinajstić information content (AvgIpc) is 3.06. The summed E-state index contributed by atoms with van der Waals surface area (Å²) in [5, 5.41) is 23.5. The summed E-state index contributed by atoms with van der Waals surface area (Å²) in [6.45, 7) is 0. The predicted molar refractivity (Wildman–Crippen MR) is 96.0 cm³/mol. The Kier molecular flexibility index (Phi) is 6.42. The van der Waals surface area contributed by atoms with Crippen LogP contribution in [0, 0.1) is 11.3 Å². The Morgan fingerprint density at radius 3 is 3.00 bits per heavy atom. The fourth-order valence-electron chi connectivity index (χ4n) is 2.06. The van der Waals surface area contributed by atoms with Gasteiger partial charge < -0.3 is 20.7 Å². The van der Waals surface area contributed by atoms with Crippen LogP contribution in [0.25, 0.3) is 11.0 Å². The van der Waals surface area contributed by atoms with Crippen LogP contribution in [0.3, 0.4) is 0 Å². The minimum atomic E-state index is -1.13. The van der Waals surface area contributed by atoms with Crippen LogP contribution >= 0.6 is 11.8 Å². The van der Waals surface area contributed by atoms with Crippen molar-refractivity contribution in [1.29, 1.82) is 5.26 Å². The van der Waals surface area contributed by atoms with Crippen molar-refractivity contribution in [2.75, 3.05) is 17.3 Å². The number of nitrogens with zero attached hydrogens (tertiary/aromatic N) is 2. The lowest BCUT2D eigenvalue weighted by Crippen LogP contribution is -2.41. The van der Waals surface area contributed by atoms with Gasteiger partial charge in [-0.3, -0.25) is 4.79 Å². The summed E-state index contributed by atoms with van der Waals surface area (Å²) in [6.07, 6.45) is 4.95. The first-order chi connectivity index (χ1) is 12.0. The number of nitrogens with one attached hydrogen (secondary N) is 3. The summed E-state index contributed by atoms with van der Waals surface area (Å²) in [5.41, 5.74) is 2.06. The molecule has 1 aromatic carbocycles. The van der Waals surface area contributed by atoms with E-state index in [2.05, 4.69) is 20.6 Å². The van der Waals surface area contributed by atoms with E-state index in [1.165, 1.54) is 18.0 Å². The van der Waals surface area contributed by atoms with Crippen molar-refractivity contribution in [3.05, 3.63) is 36.3 Å². The van der Waals surface area contributed by atoms with Crippen LogP contribution in [-0.4, -0.2) is 45.0 Å². The number of rotatable bonds is 8. The predicted octanol–water partition coefficient (Wildman–Crippen LogP) is 1.70. The molecule has 0 spiro atoms. The molecule has 8 nitrogen and oxygen atoms in total. The molecule has 0 saturated heterocycles. The van der Waals surface area contributed by atoms with E-state index < -0.39 is 17.9 Å². The number of amides is 1. The Morgan fingerprint density at radius 2 is 2.32 bits per heavy atom. The molecule has 1 unspecified atom stereocenters. The molecule has 130 valence electrons. The second kappa shape index (κ2) is 8.75. The molecule has 2 rings (SSSR count). The van der Waals surface area contributed by atoms with Crippen molar-refractivity contribution < 1.29 is 14.7 Å². The molecule has 0 radical (unpaired) electrons. The number of carboxylic acid groups (broad SMARTS) is 1. The number of H-pyrrole nitrogens is 1. The second-order valence-corrected chi connectivity index (χ2v) is 6.08. The van der Waals surface area contributed by atoms with Crippen molar-refractivity contribution in [1.82, 2.24) is 15.3 Å². The summed E-state index contributed by atoms with van der Waals surface area (Å²) in [4.78, 5) is 30.4. The van der Waals surface area contributed by atoms with Crippen molar-refractivity contribution in [2.24, 2.45) is 0 Å². The number of hydrogen-bond donors (Lipinski definition) is 4. The topological polar surface area (TPSA) is 131 Å². The fourth-order valence-corrected chi connectivity index (χ4v) is 2.53.